The number of aromatic hydroxyl groups is 1. The van der Waals surface area contributed by atoms with Gasteiger partial charge < -0.3 is 10.1 Å². The molecule has 3 aromatic rings. The normalized spacial score (nSPS) is 16.6. The summed E-state index contributed by atoms with van der Waals surface area (Å²) >= 11 is 5.34. The lowest BCUT2D eigenvalue weighted by molar-refractivity contribution is 0.311. The minimum atomic E-state index is -0.408. The zero-order valence-corrected chi connectivity index (χ0v) is 19.4. The van der Waals surface area contributed by atoms with E-state index < -0.39 is 5.56 Å². The first kappa shape index (κ1) is 22.1. The third-order valence-electron chi connectivity index (χ3n) is 6.47. The summed E-state index contributed by atoms with van der Waals surface area (Å²) in [4.78, 5) is 18.6. The largest absolute Gasteiger partial charge is 0.494 e. The first-order valence-electron chi connectivity index (χ1n) is 11.5. The van der Waals surface area contributed by atoms with Crippen molar-refractivity contribution in [1.82, 2.24) is 14.5 Å². The monoisotopic (exact) mass is 475 g/mol. The molecule has 9 nitrogen and oxygen atoms in total. The lowest BCUT2D eigenvalue weighted by Gasteiger charge is -2.22. The van der Waals surface area contributed by atoms with E-state index in [2.05, 4.69) is 30.6 Å². The summed E-state index contributed by atoms with van der Waals surface area (Å²) in [7, 11) is 0. The first-order valence-corrected chi connectivity index (χ1v) is 11.9. The number of nitrogens with one attached hydrogen (secondary N) is 2. The molecule has 1 aliphatic carbocycles. The van der Waals surface area contributed by atoms with Gasteiger partial charge in [0.25, 0.3) is 5.56 Å². The quantitative estimate of drug-likeness (QED) is 0.496. The van der Waals surface area contributed by atoms with Crippen molar-refractivity contribution in [1.29, 1.82) is 0 Å². The molecule has 2 aromatic heterocycles. The smallest absolute Gasteiger partial charge is 0.262 e. The van der Waals surface area contributed by atoms with Crippen LogP contribution in [0.4, 0.5) is 0 Å². The van der Waals surface area contributed by atoms with E-state index in [1.165, 1.54) is 32.1 Å². The van der Waals surface area contributed by atoms with E-state index in [9.17, 15) is 9.90 Å². The van der Waals surface area contributed by atoms with Crippen molar-refractivity contribution in [2.75, 3.05) is 0 Å². The molecule has 0 atom stereocenters. The molecular formula is C24H25N7O2S. The molecule has 10 heteroatoms. The predicted molar refractivity (Wildman–Crippen MR) is 130 cm³/mol. The van der Waals surface area contributed by atoms with Gasteiger partial charge in [-0.15, -0.1) is 10.2 Å². The highest BCUT2D eigenvalue weighted by Gasteiger charge is 2.16. The highest BCUT2D eigenvalue weighted by atomic mass is 32.1. The molecule has 0 spiro atoms. The molecule has 0 saturated heterocycles. The van der Waals surface area contributed by atoms with Crippen LogP contribution in [0.3, 0.4) is 0 Å². The zero-order valence-electron chi connectivity index (χ0n) is 18.6. The van der Waals surface area contributed by atoms with Crippen LogP contribution in [0.25, 0.3) is 11.9 Å². The Hall–Kier alpha value is -3.66. The second-order valence-electron chi connectivity index (χ2n) is 8.69. The van der Waals surface area contributed by atoms with Gasteiger partial charge in [-0.3, -0.25) is 14.3 Å². The Morgan fingerprint density at radius 1 is 1.00 bits per heavy atom. The Balaban J connectivity index is 1.48. The van der Waals surface area contributed by atoms with Crippen LogP contribution in [-0.2, 0) is 6.54 Å². The fourth-order valence-electron chi connectivity index (χ4n) is 4.58. The molecule has 1 saturated carbocycles. The molecule has 0 unspecified atom stereocenters. The number of aromatic nitrogens is 3. The highest BCUT2D eigenvalue weighted by molar-refractivity contribution is 7.71. The van der Waals surface area contributed by atoms with Crippen LogP contribution < -0.4 is 16.1 Å². The van der Waals surface area contributed by atoms with Crippen molar-refractivity contribution in [3.63, 3.8) is 0 Å². The SMILES string of the molecule is O=c1[nH]c(=S)n(CCC2CCCCC2)c(O)c1C=c1ccc(=c2ccc(=C3N=NN=N3)cc2)[nH]1. The standard InChI is InChI=1S/C24H25N7O2S/c32-22-19(23(33)31(24(34)26-22)13-12-15-4-2-1-3-5-15)14-18-10-11-20(25-18)16-6-8-17(9-7-16)21-27-29-30-28-21/h6-11,14-15,25,33H,1-5,12-13H2,(H,26,32,34). The van der Waals surface area contributed by atoms with Gasteiger partial charge in [-0.1, -0.05) is 56.4 Å². The Kier molecular flexibility index (Phi) is 6.31. The van der Waals surface area contributed by atoms with E-state index in [4.69, 9.17) is 12.2 Å². The Morgan fingerprint density at radius 2 is 1.71 bits per heavy atom. The van der Waals surface area contributed by atoms with Crippen LogP contribution in [0.15, 0.2) is 61.9 Å². The molecular weight excluding hydrogens is 450 g/mol. The molecule has 2 aliphatic rings. The summed E-state index contributed by atoms with van der Waals surface area (Å²) in [5, 5.41) is 29.0. The number of hydrogen-bond acceptors (Lipinski definition) is 7. The van der Waals surface area contributed by atoms with Crippen molar-refractivity contribution in [2.45, 2.75) is 45.1 Å². The van der Waals surface area contributed by atoms with Crippen LogP contribution in [0.5, 0.6) is 5.88 Å². The predicted octanol–water partition coefficient (Wildman–Crippen LogP) is 3.92. The molecule has 0 bridgehead atoms. The van der Waals surface area contributed by atoms with Crippen LogP contribution in [0, 0.1) is 21.3 Å². The summed E-state index contributed by atoms with van der Waals surface area (Å²) in [5.41, 5.74) is -0.219. The van der Waals surface area contributed by atoms with Gasteiger partial charge in [0.05, 0.1) is 0 Å². The molecule has 1 fully saturated rings. The molecule has 34 heavy (non-hydrogen) atoms. The van der Waals surface area contributed by atoms with E-state index in [1.807, 2.05) is 36.4 Å². The van der Waals surface area contributed by atoms with Crippen molar-refractivity contribution in [2.24, 2.45) is 26.6 Å². The van der Waals surface area contributed by atoms with Gasteiger partial charge >= 0.3 is 0 Å². The topological polar surface area (TPSA) is 123 Å². The van der Waals surface area contributed by atoms with Crippen LogP contribution in [-0.4, -0.2) is 19.6 Å². The average molecular weight is 476 g/mol. The third-order valence-corrected chi connectivity index (χ3v) is 6.80. The fraction of sp³-hybridized carbons (Fsp3) is 0.333. The molecule has 1 aromatic carbocycles. The second-order valence-corrected chi connectivity index (χ2v) is 9.08. The van der Waals surface area contributed by atoms with Crippen molar-refractivity contribution < 1.29 is 5.11 Å². The van der Waals surface area contributed by atoms with Crippen LogP contribution in [0.1, 0.15) is 44.1 Å². The minimum absolute atomic E-state index is 0.0954. The molecule has 0 radical (unpaired) electrons. The molecule has 1 aliphatic heterocycles. The molecule has 5 rings (SSSR count). The van der Waals surface area contributed by atoms with E-state index in [0.717, 1.165) is 22.2 Å². The summed E-state index contributed by atoms with van der Waals surface area (Å²) in [6, 6.07) is 11.5. The van der Waals surface area contributed by atoms with E-state index >= 15 is 0 Å². The van der Waals surface area contributed by atoms with Crippen LogP contribution >= 0.6 is 12.2 Å². The van der Waals surface area contributed by atoms with Crippen molar-refractivity contribution in [3.05, 3.63) is 78.2 Å². The molecule has 0 amide bonds. The van der Waals surface area contributed by atoms with Gasteiger partial charge in [0.2, 0.25) is 11.7 Å². The number of hydrogen-bond donors (Lipinski definition) is 3. The second kappa shape index (κ2) is 9.68. The lowest BCUT2D eigenvalue weighted by Crippen LogP contribution is -2.20. The molecule has 3 heterocycles. The van der Waals surface area contributed by atoms with Gasteiger partial charge in [-0.05, 0) is 58.4 Å². The average Bonchev–Trinajstić information content (AvgIpc) is 3.55. The molecule has 3 N–H and O–H groups in total. The number of nitrogens with zero attached hydrogens (tertiary/aromatic N) is 5. The third kappa shape index (κ3) is 4.67. The number of benzene rings is 1. The maximum Gasteiger partial charge on any atom is 0.262 e. The van der Waals surface area contributed by atoms with E-state index in [-0.39, 0.29) is 16.2 Å². The molecule has 174 valence electrons. The van der Waals surface area contributed by atoms with Gasteiger partial charge in [0.1, 0.15) is 5.56 Å². The fourth-order valence-corrected chi connectivity index (χ4v) is 4.85. The zero-order chi connectivity index (χ0) is 23.5. The van der Waals surface area contributed by atoms with Crippen LogP contribution in [0.2, 0.25) is 0 Å². The Bertz CT molecular complexity index is 1570. The first-order chi connectivity index (χ1) is 16.6. The summed E-state index contributed by atoms with van der Waals surface area (Å²) in [6.45, 7) is 0.591. The maximum atomic E-state index is 12.6. The minimum Gasteiger partial charge on any atom is -0.494 e. The van der Waals surface area contributed by atoms with Crippen molar-refractivity contribution >= 4 is 24.1 Å². The Morgan fingerprint density at radius 3 is 2.44 bits per heavy atom. The summed E-state index contributed by atoms with van der Waals surface area (Å²) in [6.07, 6.45) is 8.86. The number of aromatic amines is 2. The highest BCUT2D eigenvalue weighted by Crippen LogP contribution is 2.27. The Labute approximate surface area is 199 Å². The van der Waals surface area contributed by atoms with E-state index in [0.29, 0.717) is 23.6 Å². The van der Waals surface area contributed by atoms with E-state index in [1.54, 1.807) is 10.6 Å². The van der Waals surface area contributed by atoms with Crippen molar-refractivity contribution in [3.8, 4) is 5.88 Å². The van der Waals surface area contributed by atoms with Gasteiger partial charge in [0, 0.05) is 22.5 Å². The van der Waals surface area contributed by atoms with Gasteiger partial charge in [-0.25, -0.2) is 0 Å². The maximum absolute atomic E-state index is 12.6. The van der Waals surface area contributed by atoms with Gasteiger partial charge in [0.15, 0.2) is 4.77 Å². The van der Waals surface area contributed by atoms with Gasteiger partial charge in [-0.2, -0.15) is 0 Å². The summed E-state index contributed by atoms with van der Waals surface area (Å²) in [5.74, 6) is 1.02. The number of rotatable bonds is 4. The lowest BCUT2D eigenvalue weighted by atomic mass is 9.87. The number of H-pyrrole nitrogens is 2. The summed E-state index contributed by atoms with van der Waals surface area (Å²) < 4.78 is 1.89.